The third-order valence-electron chi connectivity index (χ3n) is 7.77. The van der Waals surface area contributed by atoms with Crippen molar-refractivity contribution in [3.63, 3.8) is 0 Å². The molecule has 1 saturated heterocycles. The molecule has 0 aliphatic carbocycles. The van der Waals surface area contributed by atoms with Crippen LogP contribution in [0.15, 0.2) is 84.9 Å². The predicted octanol–water partition coefficient (Wildman–Crippen LogP) is 3.26. The van der Waals surface area contributed by atoms with E-state index in [0.717, 1.165) is 16.7 Å². The highest BCUT2D eigenvalue weighted by molar-refractivity contribution is 5.94. The van der Waals surface area contributed by atoms with E-state index in [1.165, 1.54) is 4.90 Å². The molecule has 10 heteroatoms. The van der Waals surface area contributed by atoms with E-state index in [2.05, 4.69) is 10.6 Å². The Balaban J connectivity index is 1.57. The lowest BCUT2D eigenvalue weighted by atomic mass is 10.0. The highest BCUT2D eigenvalue weighted by Gasteiger charge is 2.38. The standard InChI is InChI=1S/C36H44N4O6/c1-36(2,3)46-27-18-16-26(17-19-27)23-30(34(43)40-20-10-15-31(40)35(44)45)39-33(42)29(22-25-13-8-5-9-14-25)38-32(41)28(37)21-24-11-6-4-7-12-24/h4-9,11-14,16-19,28-31H,10,15,20-23,37H2,1-3H3,(H,38,41)(H,39,42)(H,44,45)/t28-,29-,30-,31-/m0/s1. The summed E-state index contributed by atoms with van der Waals surface area (Å²) in [6, 6.07) is 21.8. The van der Waals surface area contributed by atoms with Crippen LogP contribution in [0.25, 0.3) is 0 Å². The summed E-state index contributed by atoms with van der Waals surface area (Å²) in [5, 5.41) is 15.4. The minimum absolute atomic E-state index is 0.114. The number of nitrogens with one attached hydrogen (secondary N) is 2. The number of aliphatic carboxylic acids is 1. The number of ether oxygens (including phenoxy) is 1. The number of carboxylic acid groups (broad SMARTS) is 1. The van der Waals surface area contributed by atoms with Crippen LogP contribution in [0.5, 0.6) is 5.75 Å². The molecule has 0 aromatic heterocycles. The molecule has 1 fully saturated rings. The van der Waals surface area contributed by atoms with Gasteiger partial charge in [-0.2, -0.15) is 0 Å². The summed E-state index contributed by atoms with van der Waals surface area (Å²) in [7, 11) is 0. The van der Waals surface area contributed by atoms with Crippen LogP contribution in [0, 0.1) is 0 Å². The normalized spacial score (nSPS) is 16.6. The van der Waals surface area contributed by atoms with Crippen LogP contribution in [0.4, 0.5) is 0 Å². The van der Waals surface area contributed by atoms with Crippen LogP contribution in [-0.2, 0) is 38.4 Å². The summed E-state index contributed by atoms with van der Waals surface area (Å²) in [4.78, 5) is 54.3. The summed E-state index contributed by atoms with van der Waals surface area (Å²) >= 11 is 0. The number of nitrogens with zero attached hydrogens (tertiary/aromatic N) is 1. The Morgan fingerprint density at radius 3 is 1.89 bits per heavy atom. The van der Waals surface area contributed by atoms with Gasteiger partial charge in [0.1, 0.15) is 29.5 Å². The summed E-state index contributed by atoms with van der Waals surface area (Å²) in [6.07, 6.45) is 1.45. The van der Waals surface area contributed by atoms with Crippen LogP contribution in [-0.4, -0.2) is 70.0 Å². The summed E-state index contributed by atoms with van der Waals surface area (Å²) in [6.45, 7) is 6.11. The van der Waals surface area contributed by atoms with Gasteiger partial charge in [0.15, 0.2) is 0 Å². The number of benzene rings is 3. The SMILES string of the molecule is CC(C)(C)Oc1ccc(C[C@H](NC(=O)[C@H](Cc2ccccc2)NC(=O)[C@@H](N)Cc2ccccc2)C(=O)N2CCC[C@H]2C(=O)O)cc1. The molecule has 3 aromatic carbocycles. The van der Waals surface area contributed by atoms with Crippen LogP contribution >= 0.6 is 0 Å². The van der Waals surface area contributed by atoms with Crippen molar-refractivity contribution >= 4 is 23.7 Å². The minimum Gasteiger partial charge on any atom is -0.488 e. The summed E-state index contributed by atoms with van der Waals surface area (Å²) in [5.41, 5.74) is 8.30. The molecule has 244 valence electrons. The molecule has 0 spiro atoms. The fraction of sp³-hybridized carbons (Fsp3) is 0.389. The van der Waals surface area contributed by atoms with Crippen molar-refractivity contribution in [3.8, 4) is 5.75 Å². The lowest BCUT2D eigenvalue weighted by Crippen LogP contribution is -2.58. The number of nitrogens with two attached hydrogens (primary N) is 1. The molecule has 3 amide bonds. The largest absolute Gasteiger partial charge is 0.488 e. The molecule has 0 saturated carbocycles. The number of hydrogen-bond donors (Lipinski definition) is 4. The number of hydrogen-bond acceptors (Lipinski definition) is 6. The number of amides is 3. The highest BCUT2D eigenvalue weighted by atomic mass is 16.5. The summed E-state index contributed by atoms with van der Waals surface area (Å²) < 4.78 is 5.92. The molecule has 46 heavy (non-hydrogen) atoms. The average molecular weight is 629 g/mol. The second-order valence-corrected chi connectivity index (χ2v) is 12.7. The zero-order valence-corrected chi connectivity index (χ0v) is 26.6. The van der Waals surface area contributed by atoms with Gasteiger partial charge in [-0.3, -0.25) is 14.4 Å². The van der Waals surface area contributed by atoms with Crippen LogP contribution in [0.2, 0.25) is 0 Å². The lowest BCUT2D eigenvalue weighted by molar-refractivity contribution is -0.149. The highest BCUT2D eigenvalue weighted by Crippen LogP contribution is 2.22. The Morgan fingerprint density at radius 1 is 0.804 bits per heavy atom. The number of likely N-dealkylation sites (tertiary alicyclic amines) is 1. The smallest absolute Gasteiger partial charge is 0.326 e. The Bertz CT molecular complexity index is 1470. The topological polar surface area (TPSA) is 151 Å². The molecular weight excluding hydrogens is 584 g/mol. The zero-order chi connectivity index (χ0) is 33.3. The number of carbonyl (C=O) groups excluding carboxylic acids is 3. The van der Waals surface area contributed by atoms with Gasteiger partial charge in [0, 0.05) is 19.4 Å². The first kappa shape index (κ1) is 34.2. The molecule has 5 N–H and O–H groups in total. The third-order valence-corrected chi connectivity index (χ3v) is 7.77. The van der Waals surface area contributed by atoms with Gasteiger partial charge in [0.05, 0.1) is 6.04 Å². The molecule has 0 bridgehead atoms. The summed E-state index contributed by atoms with van der Waals surface area (Å²) in [5.74, 6) is -1.98. The van der Waals surface area contributed by atoms with Crippen LogP contribution in [0.3, 0.4) is 0 Å². The first-order chi connectivity index (χ1) is 21.9. The van der Waals surface area contributed by atoms with E-state index < -0.39 is 53.5 Å². The van der Waals surface area contributed by atoms with E-state index in [9.17, 15) is 24.3 Å². The number of rotatable bonds is 13. The van der Waals surface area contributed by atoms with Gasteiger partial charge in [-0.25, -0.2) is 4.79 Å². The number of carbonyl (C=O) groups is 4. The van der Waals surface area contributed by atoms with Gasteiger partial charge in [-0.1, -0.05) is 72.8 Å². The first-order valence-electron chi connectivity index (χ1n) is 15.6. The zero-order valence-electron chi connectivity index (χ0n) is 26.6. The average Bonchev–Trinajstić information content (AvgIpc) is 3.52. The molecule has 0 unspecified atom stereocenters. The van der Waals surface area contributed by atoms with Gasteiger partial charge in [0.25, 0.3) is 0 Å². The van der Waals surface area contributed by atoms with Crippen molar-refractivity contribution < 1.29 is 29.0 Å². The first-order valence-corrected chi connectivity index (χ1v) is 15.6. The molecule has 10 nitrogen and oxygen atoms in total. The molecule has 0 radical (unpaired) electrons. The Kier molecular flexibility index (Phi) is 11.5. The van der Waals surface area contributed by atoms with Crippen molar-refractivity contribution in [2.45, 2.75) is 82.6 Å². The van der Waals surface area contributed by atoms with Crippen molar-refractivity contribution in [1.29, 1.82) is 0 Å². The third kappa shape index (κ3) is 9.90. The van der Waals surface area contributed by atoms with Gasteiger partial charge in [0.2, 0.25) is 17.7 Å². The van der Waals surface area contributed by atoms with E-state index in [-0.39, 0.29) is 25.8 Å². The van der Waals surface area contributed by atoms with Gasteiger partial charge >= 0.3 is 5.97 Å². The van der Waals surface area contributed by atoms with E-state index >= 15 is 0 Å². The molecule has 3 aromatic rings. The Hall–Kier alpha value is -4.70. The van der Waals surface area contributed by atoms with Gasteiger partial charge < -0.3 is 31.1 Å². The quantitative estimate of drug-likeness (QED) is 0.227. The second-order valence-electron chi connectivity index (χ2n) is 12.7. The maximum atomic E-state index is 13.9. The maximum Gasteiger partial charge on any atom is 0.326 e. The van der Waals surface area contributed by atoms with Crippen molar-refractivity contribution in [3.05, 3.63) is 102 Å². The molecule has 4 atom stereocenters. The molecular formula is C36H44N4O6. The van der Waals surface area contributed by atoms with Gasteiger partial charge in [-0.05, 0) is 68.9 Å². The lowest BCUT2D eigenvalue weighted by Gasteiger charge is -2.29. The predicted molar refractivity (Wildman–Crippen MR) is 175 cm³/mol. The minimum atomic E-state index is -1.08. The Morgan fingerprint density at radius 2 is 1.33 bits per heavy atom. The Labute approximate surface area is 270 Å². The maximum absolute atomic E-state index is 13.9. The molecule has 4 rings (SSSR count). The molecule has 1 heterocycles. The molecule has 1 aliphatic heterocycles. The van der Waals surface area contributed by atoms with Crippen molar-refractivity contribution in [2.75, 3.05) is 6.54 Å². The van der Waals surface area contributed by atoms with Gasteiger partial charge in [-0.15, -0.1) is 0 Å². The molecule has 1 aliphatic rings. The monoisotopic (exact) mass is 628 g/mol. The van der Waals surface area contributed by atoms with E-state index in [1.54, 1.807) is 12.1 Å². The fourth-order valence-corrected chi connectivity index (χ4v) is 5.54. The van der Waals surface area contributed by atoms with Crippen LogP contribution < -0.4 is 21.1 Å². The van der Waals surface area contributed by atoms with E-state index in [1.807, 2.05) is 93.6 Å². The van der Waals surface area contributed by atoms with E-state index in [0.29, 0.717) is 18.6 Å². The van der Waals surface area contributed by atoms with Crippen LogP contribution in [0.1, 0.15) is 50.3 Å². The fourth-order valence-electron chi connectivity index (χ4n) is 5.54. The van der Waals surface area contributed by atoms with E-state index in [4.69, 9.17) is 10.5 Å². The second kappa shape index (κ2) is 15.5. The van der Waals surface area contributed by atoms with Crippen molar-refractivity contribution in [2.24, 2.45) is 5.73 Å². The number of carboxylic acids is 1. The van der Waals surface area contributed by atoms with Crippen molar-refractivity contribution in [1.82, 2.24) is 15.5 Å².